The van der Waals surface area contributed by atoms with Crippen molar-refractivity contribution in [1.82, 2.24) is 4.90 Å². The summed E-state index contributed by atoms with van der Waals surface area (Å²) in [6.07, 6.45) is 4.27. The van der Waals surface area contributed by atoms with E-state index in [1.807, 2.05) is 12.1 Å². The Labute approximate surface area is 164 Å². The number of hydrogen-bond acceptors (Lipinski definition) is 3. The Morgan fingerprint density at radius 2 is 1.89 bits per heavy atom. The van der Waals surface area contributed by atoms with Crippen LogP contribution in [0.5, 0.6) is 11.5 Å². The predicted molar refractivity (Wildman–Crippen MR) is 105 cm³/mol. The summed E-state index contributed by atoms with van der Waals surface area (Å²) in [5.74, 6) is 0.356. The van der Waals surface area contributed by atoms with Gasteiger partial charge in [-0.25, -0.2) is 4.39 Å². The fourth-order valence-electron chi connectivity index (χ4n) is 4.36. The van der Waals surface area contributed by atoms with Crippen molar-refractivity contribution in [3.8, 4) is 11.5 Å². The number of fused-ring (bicyclic) bond motifs is 1. The van der Waals surface area contributed by atoms with Crippen molar-refractivity contribution in [3.63, 3.8) is 0 Å². The standard InChI is InChI=1S/C23H26FNO3/c1-15-3-2-4-19(11-15)28-14-17-7-5-16(6-8-17)12-25-13-18-9-10-20(26)22(24)21(18)23(25)27/h2-4,9-11,16-17,26H,5-8,12-14H2,1H3. The molecule has 2 aromatic carbocycles. The Hall–Kier alpha value is -2.56. The highest BCUT2D eigenvalue weighted by Gasteiger charge is 2.34. The molecule has 0 unspecified atom stereocenters. The molecule has 1 aliphatic heterocycles. The van der Waals surface area contributed by atoms with E-state index >= 15 is 0 Å². The van der Waals surface area contributed by atoms with Crippen molar-refractivity contribution in [3.05, 3.63) is 58.9 Å². The van der Waals surface area contributed by atoms with Gasteiger partial charge in [0.05, 0.1) is 12.2 Å². The van der Waals surface area contributed by atoms with Gasteiger partial charge < -0.3 is 14.7 Å². The largest absolute Gasteiger partial charge is 0.505 e. The van der Waals surface area contributed by atoms with Crippen molar-refractivity contribution in [1.29, 1.82) is 0 Å². The molecular formula is C23H26FNO3. The van der Waals surface area contributed by atoms with E-state index in [1.54, 1.807) is 11.0 Å². The number of phenolic OH excluding ortho intramolecular Hbond substituents is 1. The lowest BCUT2D eigenvalue weighted by atomic mass is 9.82. The van der Waals surface area contributed by atoms with Gasteiger partial charge in [-0.3, -0.25) is 4.79 Å². The molecule has 1 N–H and O–H groups in total. The summed E-state index contributed by atoms with van der Waals surface area (Å²) in [5.41, 5.74) is 1.91. The van der Waals surface area contributed by atoms with E-state index in [4.69, 9.17) is 4.74 Å². The number of aromatic hydroxyl groups is 1. The van der Waals surface area contributed by atoms with Gasteiger partial charge in [0.1, 0.15) is 5.75 Å². The van der Waals surface area contributed by atoms with E-state index in [0.29, 0.717) is 30.5 Å². The summed E-state index contributed by atoms with van der Waals surface area (Å²) in [5, 5.41) is 9.53. The fraction of sp³-hybridized carbons (Fsp3) is 0.435. The molecule has 148 valence electrons. The summed E-state index contributed by atoms with van der Waals surface area (Å²) in [6.45, 7) is 3.87. The molecule has 28 heavy (non-hydrogen) atoms. The van der Waals surface area contributed by atoms with Crippen LogP contribution in [0.4, 0.5) is 4.39 Å². The van der Waals surface area contributed by atoms with Gasteiger partial charge in [-0.15, -0.1) is 0 Å². The molecule has 4 rings (SSSR count). The number of phenols is 1. The van der Waals surface area contributed by atoms with Crippen LogP contribution >= 0.6 is 0 Å². The second-order valence-corrected chi connectivity index (χ2v) is 8.13. The molecule has 0 radical (unpaired) electrons. The highest BCUT2D eigenvalue weighted by atomic mass is 19.1. The van der Waals surface area contributed by atoms with Crippen LogP contribution in [0, 0.1) is 24.6 Å². The van der Waals surface area contributed by atoms with Gasteiger partial charge >= 0.3 is 0 Å². The Morgan fingerprint density at radius 3 is 2.64 bits per heavy atom. The van der Waals surface area contributed by atoms with E-state index in [2.05, 4.69) is 19.1 Å². The summed E-state index contributed by atoms with van der Waals surface area (Å²) >= 11 is 0. The molecule has 1 aliphatic carbocycles. The van der Waals surface area contributed by atoms with Crippen molar-refractivity contribution in [2.24, 2.45) is 11.8 Å². The zero-order chi connectivity index (χ0) is 19.7. The number of aryl methyl sites for hydroxylation is 1. The van der Waals surface area contributed by atoms with Crippen LogP contribution in [0.25, 0.3) is 0 Å². The quantitative estimate of drug-likeness (QED) is 0.816. The van der Waals surface area contributed by atoms with Gasteiger partial charge in [0, 0.05) is 13.1 Å². The fourth-order valence-corrected chi connectivity index (χ4v) is 4.36. The number of hydrogen-bond donors (Lipinski definition) is 1. The number of nitrogens with zero attached hydrogens (tertiary/aromatic N) is 1. The Kier molecular flexibility index (Phi) is 5.25. The average molecular weight is 383 g/mol. The molecule has 1 heterocycles. The highest BCUT2D eigenvalue weighted by molar-refractivity contribution is 5.99. The van der Waals surface area contributed by atoms with Crippen LogP contribution in [0.2, 0.25) is 0 Å². The molecule has 0 bridgehead atoms. The lowest BCUT2D eigenvalue weighted by Crippen LogP contribution is -2.32. The molecule has 0 spiro atoms. The summed E-state index contributed by atoms with van der Waals surface area (Å²) in [4.78, 5) is 14.3. The maximum Gasteiger partial charge on any atom is 0.257 e. The molecular weight excluding hydrogens is 357 g/mol. The van der Waals surface area contributed by atoms with Crippen molar-refractivity contribution >= 4 is 5.91 Å². The number of halogens is 1. The molecule has 0 aromatic heterocycles. The van der Waals surface area contributed by atoms with E-state index < -0.39 is 11.6 Å². The lowest BCUT2D eigenvalue weighted by Gasteiger charge is -2.31. The summed E-state index contributed by atoms with van der Waals surface area (Å²) in [6, 6.07) is 11.1. The molecule has 5 heteroatoms. The zero-order valence-electron chi connectivity index (χ0n) is 16.2. The maximum absolute atomic E-state index is 14.1. The van der Waals surface area contributed by atoms with Gasteiger partial charge in [-0.2, -0.15) is 0 Å². The average Bonchev–Trinajstić information content (AvgIpc) is 3.00. The number of carbonyl (C=O) groups excluding carboxylic acids is 1. The smallest absolute Gasteiger partial charge is 0.257 e. The normalized spacial score (nSPS) is 21.6. The van der Waals surface area contributed by atoms with E-state index in [9.17, 15) is 14.3 Å². The molecule has 4 nitrogen and oxygen atoms in total. The van der Waals surface area contributed by atoms with Crippen LogP contribution < -0.4 is 4.74 Å². The number of carbonyl (C=O) groups is 1. The third kappa shape index (κ3) is 3.84. The first kappa shape index (κ1) is 18.8. The molecule has 1 saturated carbocycles. The van der Waals surface area contributed by atoms with Crippen LogP contribution in [-0.4, -0.2) is 29.1 Å². The zero-order valence-corrected chi connectivity index (χ0v) is 16.2. The predicted octanol–water partition coefficient (Wildman–Crippen LogP) is 4.68. The van der Waals surface area contributed by atoms with Crippen molar-refractivity contribution < 1.29 is 19.0 Å². The van der Waals surface area contributed by atoms with E-state index in [-0.39, 0.29) is 11.5 Å². The Morgan fingerprint density at radius 1 is 1.14 bits per heavy atom. The third-order valence-corrected chi connectivity index (χ3v) is 5.99. The molecule has 0 saturated heterocycles. The number of benzene rings is 2. The Bertz CT molecular complexity index is 874. The molecule has 1 fully saturated rings. The van der Waals surface area contributed by atoms with Crippen molar-refractivity contribution in [2.75, 3.05) is 13.2 Å². The first-order chi connectivity index (χ1) is 13.5. The number of ether oxygens (including phenoxy) is 1. The van der Waals surface area contributed by atoms with Crippen LogP contribution in [0.15, 0.2) is 36.4 Å². The van der Waals surface area contributed by atoms with Gasteiger partial charge in [-0.05, 0) is 73.8 Å². The SMILES string of the molecule is Cc1cccc(OCC2CCC(CN3Cc4ccc(O)c(F)c4C3=O)CC2)c1. The van der Waals surface area contributed by atoms with Gasteiger partial charge in [0.15, 0.2) is 11.6 Å². The lowest BCUT2D eigenvalue weighted by molar-refractivity contribution is 0.0717. The molecule has 2 aliphatic rings. The second kappa shape index (κ2) is 7.82. The van der Waals surface area contributed by atoms with Gasteiger partial charge in [0.2, 0.25) is 0 Å². The van der Waals surface area contributed by atoms with Gasteiger partial charge in [0.25, 0.3) is 5.91 Å². The van der Waals surface area contributed by atoms with E-state index in [1.165, 1.54) is 11.6 Å². The van der Waals surface area contributed by atoms with Gasteiger partial charge in [-0.1, -0.05) is 18.2 Å². The van der Waals surface area contributed by atoms with Crippen molar-refractivity contribution in [2.45, 2.75) is 39.2 Å². The second-order valence-electron chi connectivity index (χ2n) is 8.13. The maximum atomic E-state index is 14.1. The minimum absolute atomic E-state index is 0.0419. The monoisotopic (exact) mass is 383 g/mol. The number of rotatable bonds is 5. The van der Waals surface area contributed by atoms with Crippen LogP contribution in [0.3, 0.4) is 0 Å². The molecule has 2 aromatic rings. The molecule has 0 atom stereocenters. The topological polar surface area (TPSA) is 49.8 Å². The molecule has 1 amide bonds. The Balaban J connectivity index is 1.27. The highest BCUT2D eigenvalue weighted by Crippen LogP contribution is 2.34. The summed E-state index contributed by atoms with van der Waals surface area (Å²) in [7, 11) is 0. The van der Waals surface area contributed by atoms with Crippen LogP contribution in [0.1, 0.15) is 47.2 Å². The first-order valence-electron chi connectivity index (χ1n) is 10.0. The summed E-state index contributed by atoms with van der Waals surface area (Å²) < 4.78 is 20.0. The van der Waals surface area contributed by atoms with E-state index in [0.717, 1.165) is 38.0 Å². The third-order valence-electron chi connectivity index (χ3n) is 5.99. The number of amides is 1. The minimum atomic E-state index is -0.790. The van der Waals surface area contributed by atoms with Crippen LogP contribution in [-0.2, 0) is 6.54 Å². The first-order valence-corrected chi connectivity index (χ1v) is 10.0. The minimum Gasteiger partial charge on any atom is -0.505 e.